The van der Waals surface area contributed by atoms with E-state index < -0.39 is 22.0 Å². The predicted molar refractivity (Wildman–Crippen MR) is 51.1 cm³/mol. The second kappa shape index (κ2) is 4.84. The van der Waals surface area contributed by atoms with Gasteiger partial charge in [-0.25, -0.2) is 0 Å². The molecule has 0 aliphatic heterocycles. The highest BCUT2D eigenvalue weighted by molar-refractivity contribution is 7.86. The molecule has 16 heavy (non-hydrogen) atoms. The van der Waals surface area contributed by atoms with Crippen molar-refractivity contribution in [2.24, 2.45) is 0 Å². The first-order chi connectivity index (χ1) is 7.29. The van der Waals surface area contributed by atoms with Gasteiger partial charge in [0.15, 0.2) is 5.75 Å². The summed E-state index contributed by atoms with van der Waals surface area (Å²) in [6, 6.07) is 8.09. The maximum atomic E-state index is 11.8. The summed E-state index contributed by atoms with van der Waals surface area (Å²) >= 11 is 0. The molecule has 0 bridgehead atoms. The summed E-state index contributed by atoms with van der Waals surface area (Å²) in [5.41, 5.74) is 0.494. The van der Waals surface area contributed by atoms with Crippen molar-refractivity contribution in [3.63, 3.8) is 0 Å². The fraction of sp³-hybridized carbons (Fsp3) is 0.333. The summed E-state index contributed by atoms with van der Waals surface area (Å²) in [7, 11) is -4.56. The minimum Gasteiger partial charge on any atom is -0.265 e. The summed E-state index contributed by atoms with van der Waals surface area (Å²) < 4.78 is 61.5. The normalized spacial score (nSPS) is 12.7. The average Bonchev–Trinajstić information content (AvgIpc) is 2.13. The Labute approximate surface area is 91.0 Å². The minimum atomic E-state index is -4.78. The molecule has 1 rings (SSSR count). The molecule has 0 atom stereocenters. The summed E-state index contributed by atoms with van der Waals surface area (Å²) in [5.74, 6) is -1.97. The number of hydrogen-bond donors (Lipinski definition) is 0. The van der Waals surface area contributed by atoms with Crippen LogP contribution in [0, 0.1) is 0 Å². The number of halogens is 3. The molecule has 0 radical (unpaired) electrons. The molecule has 0 unspecified atom stereocenters. The molecular weight excluding hydrogens is 245 g/mol. The van der Waals surface area contributed by atoms with Crippen LogP contribution in [0.5, 0.6) is 0 Å². The van der Waals surface area contributed by atoms with E-state index >= 15 is 0 Å². The fourth-order valence-corrected chi connectivity index (χ4v) is 1.77. The van der Waals surface area contributed by atoms with Crippen molar-refractivity contribution in [1.29, 1.82) is 0 Å². The largest absolute Gasteiger partial charge is 0.405 e. The molecule has 0 saturated carbocycles. The lowest BCUT2D eigenvalue weighted by molar-refractivity contribution is -0.107. The lowest BCUT2D eigenvalue weighted by Crippen LogP contribution is -2.24. The first-order valence-corrected chi connectivity index (χ1v) is 5.84. The topological polar surface area (TPSA) is 43.4 Å². The molecule has 0 aromatic heterocycles. The predicted octanol–water partition coefficient (Wildman–Crippen LogP) is 2.10. The van der Waals surface area contributed by atoms with Gasteiger partial charge in [-0.2, -0.15) is 21.6 Å². The molecule has 0 fully saturated rings. The van der Waals surface area contributed by atoms with Crippen LogP contribution in [0.4, 0.5) is 13.2 Å². The molecule has 0 saturated heterocycles. The number of benzene rings is 1. The Hall–Kier alpha value is -1.08. The van der Waals surface area contributed by atoms with Crippen molar-refractivity contribution in [3.8, 4) is 0 Å². The van der Waals surface area contributed by atoms with Gasteiger partial charge >= 0.3 is 6.18 Å². The Bertz CT molecular complexity index is 425. The molecule has 0 heterocycles. The summed E-state index contributed by atoms with van der Waals surface area (Å²) in [4.78, 5) is 0. The highest BCUT2D eigenvalue weighted by atomic mass is 32.2. The molecule has 1 aromatic carbocycles. The lowest BCUT2D eigenvalue weighted by Gasteiger charge is -2.07. The third-order valence-electron chi connectivity index (χ3n) is 1.59. The standard InChI is InChI=1S/C9H9F3O3S/c10-9(11,12)7-16(13,14)15-6-8-4-2-1-3-5-8/h1-5H,6-7H2. The van der Waals surface area contributed by atoms with E-state index in [9.17, 15) is 21.6 Å². The summed E-state index contributed by atoms with van der Waals surface area (Å²) in [6.45, 7) is -0.390. The van der Waals surface area contributed by atoms with Crippen LogP contribution in [0.3, 0.4) is 0 Å². The number of hydrogen-bond acceptors (Lipinski definition) is 3. The van der Waals surface area contributed by atoms with Gasteiger partial charge in [-0.15, -0.1) is 0 Å². The molecule has 90 valence electrons. The number of alkyl halides is 3. The van der Waals surface area contributed by atoms with E-state index in [4.69, 9.17) is 0 Å². The Morgan fingerprint density at radius 3 is 2.19 bits per heavy atom. The van der Waals surface area contributed by atoms with Crippen molar-refractivity contribution in [2.45, 2.75) is 12.8 Å². The van der Waals surface area contributed by atoms with E-state index in [0.29, 0.717) is 5.56 Å². The van der Waals surface area contributed by atoms with Crippen molar-refractivity contribution in [3.05, 3.63) is 35.9 Å². The van der Waals surface area contributed by atoms with E-state index in [1.807, 2.05) is 0 Å². The van der Waals surface area contributed by atoms with Crippen LogP contribution in [0.15, 0.2) is 30.3 Å². The fourth-order valence-electron chi connectivity index (χ4n) is 0.974. The molecule has 0 aliphatic carbocycles. The Balaban J connectivity index is 2.56. The molecule has 0 amide bonds. The molecule has 3 nitrogen and oxygen atoms in total. The quantitative estimate of drug-likeness (QED) is 0.773. The maximum absolute atomic E-state index is 11.8. The van der Waals surface area contributed by atoms with Crippen LogP contribution in [-0.2, 0) is 20.9 Å². The molecule has 0 aliphatic rings. The van der Waals surface area contributed by atoms with Crippen LogP contribution in [0.2, 0.25) is 0 Å². The average molecular weight is 254 g/mol. The van der Waals surface area contributed by atoms with Gasteiger partial charge in [-0.05, 0) is 5.56 Å². The van der Waals surface area contributed by atoms with E-state index in [1.54, 1.807) is 30.3 Å². The van der Waals surface area contributed by atoms with Gasteiger partial charge in [0, 0.05) is 0 Å². The highest BCUT2D eigenvalue weighted by Gasteiger charge is 2.35. The second-order valence-corrected chi connectivity index (χ2v) is 4.70. The minimum absolute atomic E-state index is 0.390. The number of rotatable bonds is 4. The third-order valence-corrected chi connectivity index (χ3v) is 2.75. The van der Waals surface area contributed by atoms with Crippen LogP contribution < -0.4 is 0 Å². The van der Waals surface area contributed by atoms with Gasteiger partial charge in [-0.3, -0.25) is 4.18 Å². The van der Waals surface area contributed by atoms with E-state index in [1.165, 1.54) is 0 Å². The Morgan fingerprint density at radius 2 is 1.69 bits per heavy atom. The first kappa shape index (κ1) is 13.0. The van der Waals surface area contributed by atoms with Gasteiger partial charge in [0.2, 0.25) is 0 Å². The summed E-state index contributed by atoms with van der Waals surface area (Å²) in [5, 5.41) is 0. The molecule has 0 N–H and O–H groups in total. The zero-order valence-corrected chi connectivity index (χ0v) is 8.88. The van der Waals surface area contributed by atoms with E-state index in [0.717, 1.165) is 0 Å². The Morgan fingerprint density at radius 1 is 1.12 bits per heavy atom. The molecule has 7 heteroatoms. The molecular formula is C9H9F3O3S. The van der Waals surface area contributed by atoms with Gasteiger partial charge in [0.1, 0.15) is 0 Å². The van der Waals surface area contributed by atoms with E-state index in [2.05, 4.69) is 4.18 Å². The highest BCUT2D eigenvalue weighted by Crippen LogP contribution is 2.18. The van der Waals surface area contributed by atoms with Crippen LogP contribution in [0.25, 0.3) is 0 Å². The van der Waals surface area contributed by atoms with Crippen LogP contribution in [0.1, 0.15) is 5.56 Å². The van der Waals surface area contributed by atoms with Crippen molar-refractivity contribution in [2.75, 3.05) is 5.75 Å². The van der Waals surface area contributed by atoms with Gasteiger partial charge < -0.3 is 0 Å². The lowest BCUT2D eigenvalue weighted by atomic mass is 10.2. The Kier molecular flexibility index (Phi) is 3.93. The third kappa shape index (κ3) is 5.13. The van der Waals surface area contributed by atoms with Crippen molar-refractivity contribution in [1.82, 2.24) is 0 Å². The molecule has 1 aromatic rings. The smallest absolute Gasteiger partial charge is 0.265 e. The van der Waals surface area contributed by atoms with Crippen molar-refractivity contribution >= 4 is 10.1 Å². The van der Waals surface area contributed by atoms with Gasteiger partial charge in [0.05, 0.1) is 6.61 Å². The zero-order valence-electron chi connectivity index (χ0n) is 8.07. The second-order valence-electron chi connectivity index (χ2n) is 3.06. The monoisotopic (exact) mass is 254 g/mol. The van der Waals surface area contributed by atoms with Gasteiger partial charge in [-0.1, -0.05) is 30.3 Å². The van der Waals surface area contributed by atoms with Crippen molar-refractivity contribution < 1.29 is 25.8 Å². The van der Waals surface area contributed by atoms with Crippen LogP contribution in [-0.4, -0.2) is 20.3 Å². The SMILES string of the molecule is O=S(=O)(CC(F)(F)F)OCc1ccccc1. The van der Waals surface area contributed by atoms with Crippen LogP contribution >= 0.6 is 0 Å². The summed E-state index contributed by atoms with van der Waals surface area (Å²) in [6.07, 6.45) is -4.78. The van der Waals surface area contributed by atoms with Gasteiger partial charge in [0.25, 0.3) is 10.1 Å². The maximum Gasteiger partial charge on any atom is 0.405 e. The first-order valence-electron chi connectivity index (χ1n) is 4.26. The van der Waals surface area contributed by atoms with E-state index in [-0.39, 0.29) is 6.61 Å². The molecule has 0 spiro atoms. The zero-order chi connectivity index (χ0) is 12.2.